The normalized spacial score (nSPS) is 22.4. The van der Waals surface area contributed by atoms with Crippen molar-refractivity contribution in [1.29, 1.82) is 5.26 Å². The van der Waals surface area contributed by atoms with Crippen LogP contribution < -0.4 is 5.32 Å². The molecule has 3 heteroatoms. The standard InChI is InChI=1S/C15H28N2S/c1-12(2)17-15(4,11-16)10-13(3)18-14-8-6-5-7-9-14/h12-14,17H,5-10H2,1-4H3. The summed E-state index contributed by atoms with van der Waals surface area (Å²) < 4.78 is 0. The van der Waals surface area contributed by atoms with Gasteiger partial charge >= 0.3 is 0 Å². The Morgan fingerprint density at radius 2 is 1.89 bits per heavy atom. The zero-order chi connectivity index (χ0) is 13.6. The molecule has 1 aliphatic rings. The lowest BCUT2D eigenvalue weighted by Gasteiger charge is -2.31. The summed E-state index contributed by atoms with van der Waals surface area (Å²) in [5, 5.41) is 14.2. The molecule has 104 valence electrons. The number of rotatable bonds is 6. The summed E-state index contributed by atoms with van der Waals surface area (Å²) in [7, 11) is 0. The molecule has 18 heavy (non-hydrogen) atoms. The van der Waals surface area contributed by atoms with E-state index in [-0.39, 0.29) is 5.54 Å². The molecule has 2 atom stereocenters. The minimum Gasteiger partial charge on any atom is -0.297 e. The van der Waals surface area contributed by atoms with Crippen molar-refractivity contribution in [2.45, 2.75) is 88.3 Å². The van der Waals surface area contributed by atoms with Gasteiger partial charge < -0.3 is 0 Å². The van der Waals surface area contributed by atoms with Crippen LogP contribution in [0, 0.1) is 11.3 Å². The van der Waals surface area contributed by atoms with E-state index in [1.165, 1.54) is 32.1 Å². The fourth-order valence-corrected chi connectivity index (χ4v) is 4.62. The third-order valence-electron chi connectivity index (χ3n) is 3.53. The zero-order valence-corrected chi connectivity index (χ0v) is 13.1. The van der Waals surface area contributed by atoms with Crippen LogP contribution in [0.1, 0.15) is 66.2 Å². The summed E-state index contributed by atoms with van der Waals surface area (Å²) in [5.41, 5.74) is -0.380. The average molecular weight is 268 g/mol. The molecule has 0 bridgehead atoms. The molecule has 1 N–H and O–H groups in total. The van der Waals surface area contributed by atoms with E-state index in [9.17, 15) is 5.26 Å². The molecular weight excluding hydrogens is 240 g/mol. The summed E-state index contributed by atoms with van der Waals surface area (Å²) in [6, 6.07) is 2.82. The zero-order valence-electron chi connectivity index (χ0n) is 12.3. The first-order chi connectivity index (χ1) is 8.45. The highest BCUT2D eigenvalue weighted by molar-refractivity contribution is 8.00. The quantitative estimate of drug-likeness (QED) is 0.787. The van der Waals surface area contributed by atoms with Crippen molar-refractivity contribution in [3.63, 3.8) is 0 Å². The van der Waals surface area contributed by atoms with Crippen LogP contribution in [0.5, 0.6) is 0 Å². The van der Waals surface area contributed by atoms with Gasteiger partial charge in [-0.2, -0.15) is 17.0 Å². The number of nitrogens with one attached hydrogen (secondary N) is 1. The topological polar surface area (TPSA) is 35.8 Å². The molecule has 0 aromatic heterocycles. The van der Waals surface area contributed by atoms with Gasteiger partial charge in [-0.05, 0) is 40.0 Å². The second-order valence-corrected chi connectivity index (χ2v) is 7.90. The van der Waals surface area contributed by atoms with E-state index < -0.39 is 0 Å². The molecule has 1 rings (SSSR count). The van der Waals surface area contributed by atoms with Crippen LogP contribution in [-0.4, -0.2) is 22.1 Å². The lowest BCUT2D eigenvalue weighted by molar-refractivity contribution is 0.382. The van der Waals surface area contributed by atoms with Crippen LogP contribution in [0.3, 0.4) is 0 Å². The van der Waals surface area contributed by atoms with Gasteiger partial charge in [0.05, 0.1) is 6.07 Å². The fourth-order valence-electron chi connectivity index (χ4n) is 2.93. The highest BCUT2D eigenvalue weighted by Gasteiger charge is 2.28. The third kappa shape index (κ3) is 5.63. The van der Waals surface area contributed by atoms with Crippen molar-refractivity contribution in [2.75, 3.05) is 0 Å². The molecule has 0 saturated heterocycles. The monoisotopic (exact) mass is 268 g/mol. The second-order valence-electron chi connectivity index (χ2n) is 6.15. The maximum Gasteiger partial charge on any atom is 0.105 e. The van der Waals surface area contributed by atoms with Gasteiger partial charge in [0.1, 0.15) is 5.54 Å². The molecule has 1 aliphatic carbocycles. The Hall–Kier alpha value is -0.200. The van der Waals surface area contributed by atoms with Crippen molar-refractivity contribution in [2.24, 2.45) is 0 Å². The highest BCUT2D eigenvalue weighted by atomic mass is 32.2. The Labute approximate surface area is 117 Å². The Morgan fingerprint density at radius 3 is 2.39 bits per heavy atom. The molecule has 0 aromatic carbocycles. The maximum atomic E-state index is 9.37. The van der Waals surface area contributed by atoms with Gasteiger partial charge in [-0.1, -0.05) is 26.2 Å². The van der Waals surface area contributed by atoms with E-state index in [1.807, 2.05) is 6.92 Å². The second kappa shape index (κ2) is 7.40. The van der Waals surface area contributed by atoms with Crippen molar-refractivity contribution < 1.29 is 0 Å². The lowest BCUT2D eigenvalue weighted by atomic mass is 9.97. The molecule has 2 nitrogen and oxygen atoms in total. The van der Waals surface area contributed by atoms with Crippen LogP contribution in [0.4, 0.5) is 0 Å². The number of hydrogen-bond donors (Lipinski definition) is 1. The number of nitriles is 1. The van der Waals surface area contributed by atoms with Gasteiger partial charge in [0, 0.05) is 16.5 Å². The van der Waals surface area contributed by atoms with Crippen LogP contribution in [0.2, 0.25) is 0 Å². The van der Waals surface area contributed by atoms with Crippen molar-refractivity contribution in [1.82, 2.24) is 5.32 Å². The SMILES string of the molecule is CC(C)NC(C)(C#N)CC(C)SC1CCCCC1. The molecule has 0 aliphatic heterocycles. The predicted molar refractivity (Wildman–Crippen MR) is 80.8 cm³/mol. The van der Waals surface area contributed by atoms with Crippen molar-refractivity contribution >= 4 is 11.8 Å². The summed E-state index contributed by atoms with van der Waals surface area (Å²) in [6.07, 6.45) is 7.87. The Morgan fingerprint density at radius 1 is 1.28 bits per heavy atom. The first kappa shape index (κ1) is 15.9. The lowest BCUT2D eigenvalue weighted by Crippen LogP contribution is -2.46. The summed E-state index contributed by atoms with van der Waals surface area (Å²) in [6.45, 7) is 8.52. The Balaban J connectivity index is 2.41. The molecular formula is C15H28N2S. The average Bonchev–Trinajstić information content (AvgIpc) is 2.28. The predicted octanol–water partition coefficient (Wildman–Crippen LogP) is 4.11. The van der Waals surface area contributed by atoms with Gasteiger partial charge in [-0.15, -0.1) is 0 Å². The molecule has 2 unspecified atom stereocenters. The summed E-state index contributed by atoms with van der Waals surface area (Å²) in [5.74, 6) is 0. The Kier molecular flexibility index (Phi) is 6.52. The van der Waals surface area contributed by atoms with Gasteiger partial charge in [0.25, 0.3) is 0 Å². The number of nitrogens with zero attached hydrogens (tertiary/aromatic N) is 1. The minimum absolute atomic E-state index is 0.363. The molecule has 1 saturated carbocycles. The molecule has 1 fully saturated rings. The van der Waals surface area contributed by atoms with Gasteiger partial charge in [-0.25, -0.2) is 0 Å². The smallest absolute Gasteiger partial charge is 0.105 e. The first-order valence-corrected chi connectivity index (χ1v) is 8.24. The summed E-state index contributed by atoms with van der Waals surface area (Å²) >= 11 is 2.10. The molecule has 0 radical (unpaired) electrons. The van der Waals surface area contributed by atoms with E-state index in [0.29, 0.717) is 11.3 Å². The van der Waals surface area contributed by atoms with Gasteiger partial charge in [0.2, 0.25) is 0 Å². The molecule has 0 amide bonds. The largest absolute Gasteiger partial charge is 0.297 e. The first-order valence-electron chi connectivity index (χ1n) is 7.29. The maximum absolute atomic E-state index is 9.37. The third-order valence-corrected chi connectivity index (χ3v) is 5.01. The van der Waals surface area contributed by atoms with Crippen molar-refractivity contribution in [3.05, 3.63) is 0 Å². The highest BCUT2D eigenvalue weighted by Crippen LogP contribution is 2.33. The van der Waals surface area contributed by atoms with Crippen LogP contribution in [0.15, 0.2) is 0 Å². The van der Waals surface area contributed by atoms with Gasteiger partial charge in [0.15, 0.2) is 0 Å². The Bertz CT molecular complexity index is 279. The molecule has 0 spiro atoms. The van der Waals surface area contributed by atoms with E-state index in [4.69, 9.17) is 0 Å². The van der Waals surface area contributed by atoms with Crippen LogP contribution >= 0.6 is 11.8 Å². The van der Waals surface area contributed by atoms with Crippen molar-refractivity contribution in [3.8, 4) is 6.07 Å². The van der Waals surface area contributed by atoms with Crippen LogP contribution in [0.25, 0.3) is 0 Å². The number of thioether (sulfide) groups is 1. The fraction of sp³-hybridized carbons (Fsp3) is 0.933. The van der Waals surface area contributed by atoms with E-state index in [1.54, 1.807) is 0 Å². The minimum atomic E-state index is -0.380. The van der Waals surface area contributed by atoms with Gasteiger partial charge in [-0.3, -0.25) is 5.32 Å². The molecule has 0 aromatic rings. The summed E-state index contributed by atoms with van der Waals surface area (Å²) in [4.78, 5) is 0. The van der Waals surface area contributed by atoms with E-state index in [2.05, 4.69) is 43.9 Å². The molecule has 0 heterocycles. The van der Waals surface area contributed by atoms with E-state index >= 15 is 0 Å². The van der Waals surface area contributed by atoms with Crippen LogP contribution in [-0.2, 0) is 0 Å². The number of hydrogen-bond acceptors (Lipinski definition) is 3. The van der Waals surface area contributed by atoms with E-state index in [0.717, 1.165) is 11.7 Å².